The fourth-order valence-corrected chi connectivity index (χ4v) is 1.90. The van der Waals surface area contributed by atoms with E-state index in [1.165, 1.54) is 12.1 Å². The van der Waals surface area contributed by atoms with Crippen molar-refractivity contribution < 1.29 is 27.8 Å². The summed E-state index contributed by atoms with van der Waals surface area (Å²) in [7, 11) is 0. The molecular weight excluding hydrogens is 323 g/mol. The van der Waals surface area contributed by atoms with Gasteiger partial charge in [0.2, 0.25) is 5.91 Å². The minimum atomic E-state index is -4.40. The molecule has 2 N–H and O–H groups in total. The van der Waals surface area contributed by atoms with Gasteiger partial charge in [-0.3, -0.25) is 4.79 Å². The number of alkyl halides is 3. The largest absolute Gasteiger partial charge is 0.484 e. The Hall–Kier alpha value is -1.76. The van der Waals surface area contributed by atoms with Crippen LogP contribution in [0.15, 0.2) is 24.3 Å². The van der Waals surface area contributed by atoms with Gasteiger partial charge in [-0.05, 0) is 30.0 Å². The minimum Gasteiger partial charge on any atom is -0.484 e. The molecule has 136 valence electrons. The normalized spacial score (nSPS) is 14.8. The molecule has 0 saturated carbocycles. The van der Waals surface area contributed by atoms with E-state index in [0.29, 0.717) is 5.56 Å². The second-order valence-corrected chi connectivity index (χ2v) is 6.85. The molecule has 2 atom stereocenters. The van der Waals surface area contributed by atoms with Crippen molar-refractivity contribution in [1.29, 1.82) is 0 Å². The highest BCUT2D eigenvalue weighted by Crippen LogP contribution is 2.24. The van der Waals surface area contributed by atoms with Crippen LogP contribution >= 0.6 is 0 Å². The van der Waals surface area contributed by atoms with Gasteiger partial charge in [-0.1, -0.05) is 32.9 Å². The third kappa shape index (κ3) is 7.21. The summed E-state index contributed by atoms with van der Waals surface area (Å²) >= 11 is 0. The van der Waals surface area contributed by atoms with Gasteiger partial charge >= 0.3 is 6.18 Å². The zero-order valence-electron chi connectivity index (χ0n) is 14.3. The van der Waals surface area contributed by atoms with Crippen molar-refractivity contribution in [3.63, 3.8) is 0 Å². The van der Waals surface area contributed by atoms with E-state index in [0.717, 1.165) is 0 Å². The highest BCUT2D eigenvalue weighted by Gasteiger charge is 2.28. The Labute approximate surface area is 140 Å². The molecule has 0 aliphatic heterocycles. The maximum Gasteiger partial charge on any atom is 0.422 e. The van der Waals surface area contributed by atoms with Crippen molar-refractivity contribution in [1.82, 2.24) is 5.32 Å². The van der Waals surface area contributed by atoms with Crippen LogP contribution in [-0.2, 0) is 4.79 Å². The van der Waals surface area contributed by atoms with E-state index in [1.54, 1.807) is 19.1 Å². The summed E-state index contributed by atoms with van der Waals surface area (Å²) < 4.78 is 41.3. The number of carbonyl (C=O) groups excluding carboxylic acids is 1. The van der Waals surface area contributed by atoms with E-state index in [1.807, 2.05) is 20.8 Å². The van der Waals surface area contributed by atoms with Crippen LogP contribution in [0.1, 0.15) is 45.7 Å². The van der Waals surface area contributed by atoms with Crippen molar-refractivity contribution in [3.8, 4) is 5.75 Å². The lowest BCUT2D eigenvalue weighted by atomic mass is 9.87. The fraction of sp³-hybridized carbons (Fsp3) is 0.588. The van der Waals surface area contributed by atoms with Gasteiger partial charge in [0.25, 0.3) is 0 Å². The quantitative estimate of drug-likeness (QED) is 0.827. The summed E-state index contributed by atoms with van der Waals surface area (Å²) in [6.07, 6.45) is -5.23. The topological polar surface area (TPSA) is 58.6 Å². The molecule has 1 amide bonds. The number of halogens is 3. The number of amides is 1. The number of ether oxygens (including phenoxy) is 1. The van der Waals surface area contributed by atoms with E-state index in [4.69, 9.17) is 4.74 Å². The van der Waals surface area contributed by atoms with Gasteiger partial charge in [0.15, 0.2) is 6.61 Å². The lowest BCUT2D eigenvalue weighted by Gasteiger charge is -2.26. The molecule has 1 aromatic rings. The van der Waals surface area contributed by atoms with Gasteiger partial charge in [-0.25, -0.2) is 0 Å². The van der Waals surface area contributed by atoms with E-state index in [2.05, 4.69) is 5.32 Å². The van der Waals surface area contributed by atoms with Crippen LogP contribution in [0.3, 0.4) is 0 Å². The first-order valence-electron chi connectivity index (χ1n) is 7.65. The van der Waals surface area contributed by atoms with Crippen LogP contribution in [0.4, 0.5) is 13.2 Å². The van der Waals surface area contributed by atoms with Crippen LogP contribution < -0.4 is 10.1 Å². The zero-order valence-corrected chi connectivity index (χ0v) is 14.3. The van der Waals surface area contributed by atoms with Crippen molar-refractivity contribution in [2.45, 2.75) is 52.4 Å². The number of benzene rings is 1. The minimum absolute atomic E-state index is 0.0435. The number of rotatable bonds is 6. The fourth-order valence-electron chi connectivity index (χ4n) is 1.90. The Bertz CT molecular complexity index is 553. The summed E-state index contributed by atoms with van der Waals surface area (Å²) in [6.45, 7) is 5.83. The monoisotopic (exact) mass is 347 g/mol. The van der Waals surface area contributed by atoms with Crippen molar-refractivity contribution in [2.24, 2.45) is 5.41 Å². The number of hydrogen-bond acceptors (Lipinski definition) is 3. The van der Waals surface area contributed by atoms with E-state index in [-0.39, 0.29) is 18.1 Å². The van der Waals surface area contributed by atoms with E-state index in [9.17, 15) is 23.1 Å². The molecule has 0 fully saturated rings. The molecule has 0 aromatic heterocycles. The maximum absolute atomic E-state index is 12.2. The summed E-state index contributed by atoms with van der Waals surface area (Å²) in [5.41, 5.74) is 0.208. The van der Waals surface area contributed by atoms with Crippen molar-refractivity contribution in [2.75, 3.05) is 6.61 Å². The van der Waals surface area contributed by atoms with Gasteiger partial charge in [0.05, 0.1) is 18.6 Å². The van der Waals surface area contributed by atoms with Crippen LogP contribution in [0, 0.1) is 5.41 Å². The van der Waals surface area contributed by atoms with Crippen molar-refractivity contribution >= 4 is 5.91 Å². The summed E-state index contributed by atoms with van der Waals surface area (Å²) in [4.78, 5) is 12.0. The molecule has 0 aliphatic rings. The Morgan fingerprint density at radius 1 is 1.29 bits per heavy atom. The molecular formula is C17H24F3NO3. The van der Waals surface area contributed by atoms with Crippen LogP contribution in [-0.4, -0.2) is 29.9 Å². The average molecular weight is 347 g/mol. The molecule has 0 heterocycles. The predicted octanol–water partition coefficient (Wildman–Crippen LogP) is 3.60. The highest BCUT2D eigenvalue weighted by atomic mass is 19.4. The zero-order chi connectivity index (χ0) is 18.5. The van der Waals surface area contributed by atoms with Crippen LogP contribution in [0.2, 0.25) is 0 Å². The molecule has 4 nitrogen and oxygen atoms in total. The molecule has 0 aliphatic carbocycles. The molecule has 0 spiro atoms. The van der Waals surface area contributed by atoms with Gasteiger partial charge in [-0.2, -0.15) is 13.2 Å². The molecule has 0 radical (unpaired) electrons. The van der Waals surface area contributed by atoms with Crippen LogP contribution in [0.25, 0.3) is 0 Å². The number of nitrogens with one attached hydrogen (secondary N) is 1. The number of aliphatic hydroxyl groups excluding tert-OH is 1. The predicted molar refractivity (Wildman–Crippen MR) is 84.6 cm³/mol. The third-order valence-corrected chi connectivity index (χ3v) is 3.52. The third-order valence-electron chi connectivity index (χ3n) is 3.52. The second-order valence-electron chi connectivity index (χ2n) is 6.85. The Kier molecular flexibility index (Phi) is 6.66. The Balaban J connectivity index is 2.64. The molecule has 1 rings (SSSR count). The molecule has 24 heavy (non-hydrogen) atoms. The van der Waals surface area contributed by atoms with Crippen LogP contribution in [0.5, 0.6) is 5.75 Å². The summed E-state index contributed by atoms with van der Waals surface area (Å²) in [6, 6.07) is 5.71. The SMILES string of the molecule is CC(NC(=O)CC(O)C(C)(C)C)c1cccc(OCC(F)(F)F)c1. The maximum atomic E-state index is 12.2. The standard InChI is InChI=1S/C17H24F3NO3/c1-11(21-15(23)9-14(22)16(2,3)4)12-6-5-7-13(8-12)24-10-17(18,19)20/h5-8,11,14,22H,9-10H2,1-4H3,(H,21,23). The molecule has 0 saturated heterocycles. The lowest BCUT2D eigenvalue weighted by Crippen LogP contribution is -2.35. The van der Waals surface area contributed by atoms with Gasteiger partial charge in [0.1, 0.15) is 5.75 Å². The number of aliphatic hydroxyl groups is 1. The van der Waals surface area contributed by atoms with E-state index >= 15 is 0 Å². The second kappa shape index (κ2) is 7.88. The molecule has 0 bridgehead atoms. The van der Waals surface area contributed by atoms with Gasteiger partial charge < -0.3 is 15.2 Å². The molecule has 2 unspecified atom stereocenters. The first kappa shape index (κ1) is 20.3. The number of hydrogen-bond donors (Lipinski definition) is 2. The van der Waals surface area contributed by atoms with Crippen molar-refractivity contribution in [3.05, 3.63) is 29.8 Å². The molecule has 7 heteroatoms. The van der Waals surface area contributed by atoms with Gasteiger partial charge in [0, 0.05) is 0 Å². The van der Waals surface area contributed by atoms with E-state index < -0.39 is 30.3 Å². The number of carbonyl (C=O) groups is 1. The lowest BCUT2D eigenvalue weighted by molar-refractivity contribution is -0.153. The summed E-state index contributed by atoms with van der Waals surface area (Å²) in [5, 5.41) is 12.7. The smallest absolute Gasteiger partial charge is 0.422 e. The average Bonchev–Trinajstić information content (AvgIpc) is 2.43. The highest BCUT2D eigenvalue weighted by molar-refractivity contribution is 5.77. The first-order valence-corrected chi connectivity index (χ1v) is 7.65. The summed E-state index contributed by atoms with van der Waals surface area (Å²) in [5.74, 6) is -0.243. The molecule has 1 aromatic carbocycles. The van der Waals surface area contributed by atoms with Gasteiger partial charge in [-0.15, -0.1) is 0 Å². The Morgan fingerprint density at radius 3 is 2.46 bits per heavy atom. The first-order chi connectivity index (χ1) is 10.9. The Morgan fingerprint density at radius 2 is 1.92 bits per heavy atom.